The maximum atomic E-state index is 12.7. The summed E-state index contributed by atoms with van der Waals surface area (Å²) < 4.78 is 35.6. The van der Waals surface area contributed by atoms with E-state index in [-0.39, 0.29) is 5.76 Å². The van der Waals surface area contributed by atoms with Crippen molar-refractivity contribution in [3.05, 3.63) is 47.4 Å². The molecule has 1 atom stereocenters. The molecule has 1 aromatic carbocycles. The molecule has 0 heterocycles. The molecule has 0 bridgehead atoms. The van der Waals surface area contributed by atoms with Gasteiger partial charge < -0.3 is 14.6 Å². The molecule has 1 unspecified atom stereocenters. The predicted molar refractivity (Wildman–Crippen MR) is 85.9 cm³/mol. The second-order valence-electron chi connectivity index (χ2n) is 5.70. The Morgan fingerprint density at radius 1 is 1.42 bits per heavy atom. The highest BCUT2D eigenvalue weighted by Crippen LogP contribution is 2.35. The molecule has 1 aromatic rings. The van der Waals surface area contributed by atoms with Gasteiger partial charge >= 0.3 is 5.97 Å². The highest BCUT2D eigenvalue weighted by atomic mass is 19.3. The first-order valence-electron chi connectivity index (χ1n) is 7.64. The molecule has 0 aliphatic heterocycles. The molecular weight excluding hydrogens is 318 g/mol. The van der Waals surface area contributed by atoms with E-state index in [1.54, 1.807) is 13.0 Å². The first-order valence-corrected chi connectivity index (χ1v) is 7.64. The van der Waals surface area contributed by atoms with Crippen molar-refractivity contribution in [1.82, 2.24) is 0 Å². The fourth-order valence-electron chi connectivity index (χ4n) is 2.60. The second kappa shape index (κ2) is 7.95. The van der Waals surface area contributed by atoms with E-state index in [1.165, 1.54) is 7.11 Å². The van der Waals surface area contributed by atoms with E-state index in [2.05, 4.69) is 0 Å². The summed E-state index contributed by atoms with van der Waals surface area (Å²) in [4.78, 5) is 11.1. The third-order valence-electron chi connectivity index (χ3n) is 4.02. The second-order valence-corrected chi connectivity index (χ2v) is 5.70. The lowest BCUT2D eigenvalue weighted by molar-refractivity contribution is -0.135. The number of methoxy groups -OCH3 is 1. The lowest BCUT2D eigenvalue weighted by Gasteiger charge is -2.22. The molecule has 2 rings (SSSR count). The summed E-state index contributed by atoms with van der Waals surface area (Å²) in [5, 5.41) is 9.10. The number of ether oxygens (including phenoxy) is 2. The Labute approximate surface area is 139 Å². The number of carbonyl (C=O) groups is 1. The number of hydrogen-bond donors (Lipinski definition) is 1. The lowest BCUT2D eigenvalue weighted by atomic mass is 9.86. The van der Waals surface area contributed by atoms with E-state index >= 15 is 0 Å². The van der Waals surface area contributed by atoms with Gasteiger partial charge in [-0.15, -0.1) is 0 Å². The van der Waals surface area contributed by atoms with Crippen molar-refractivity contribution in [3.63, 3.8) is 0 Å². The lowest BCUT2D eigenvalue weighted by Crippen LogP contribution is -2.14. The largest absolute Gasteiger partial charge is 0.500 e. The number of carboxylic acid groups (broad SMARTS) is 1. The monoisotopic (exact) mass is 338 g/mol. The first kappa shape index (κ1) is 18.0. The fourth-order valence-corrected chi connectivity index (χ4v) is 2.60. The number of hydrogen-bond acceptors (Lipinski definition) is 3. The highest BCUT2D eigenvalue weighted by Gasteiger charge is 2.23. The van der Waals surface area contributed by atoms with Crippen molar-refractivity contribution in [2.24, 2.45) is 5.92 Å². The Balaban J connectivity index is 2.23. The van der Waals surface area contributed by atoms with E-state index in [1.807, 2.05) is 18.2 Å². The molecule has 0 fully saturated rings. The number of rotatable bonds is 6. The van der Waals surface area contributed by atoms with Gasteiger partial charge in [-0.3, -0.25) is 0 Å². The van der Waals surface area contributed by atoms with Gasteiger partial charge in [0.25, 0.3) is 0 Å². The fraction of sp³-hybridized carbons (Fsp3) is 0.389. The van der Waals surface area contributed by atoms with Gasteiger partial charge in [0, 0.05) is 5.92 Å². The summed E-state index contributed by atoms with van der Waals surface area (Å²) in [5.41, 5.74) is 2.60. The molecule has 0 saturated carbocycles. The summed E-state index contributed by atoms with van der Waals surface area (Å²) in [7, 11) is 1.34. The van der Waals surface area contributed by atoms with Crippen LogP contribution >= 0.6 is 0 Å². The van der Waals surface area contributed by atoms with E-state index in [0.29, 0.717) is 25.0 Å². The van der Waals surface area contributed by atoms with Gasteiger partial charge in [-0.05, 0) is 49.0 Å². The van der Waals surface area contributed by atoms with Gasteiger partial charge in [0.15, 0.2) is 0 Å². The Hall–Kier alpha value is -2.37. The summed E-state index contributed by atoms with van der Waals surface area (Å²) in [6.07, 6.45) is 1.91. The Morgan fingerprint density at radius 3 is 2.71 bits per heavy atom. The van der Waals surface area contributed by atoms with Gasteiger partial charge in [-0.1, -0.05) is 18.2 Å². The number of allylic oxidation sites excluding steroid dienone is 2. The summed E-state index contributed by atoms with van der Waals surface area (Å²) in [6, 6.07) is 5.44. The van der Waals surface area contributed by atoms with Gasteiger partial charge in [0.1, 0.15) is 12.0 Å². The van der Waals surface area contributed by atoms with Crippen LogP contribution in [0.1, 0.15) is 30.4 Å². The molecule has 130 valence electrons. The van der Waals surface area contributed by atoms with Crippen molar-refractivity contribution in [2.75, 3.05) is 7.11 Å². The van der Waals surface area contributed by atoms with Crippen LogP contribution in [0, 0.1) is 12.8 Å². The quantitative estimate of drug-likeness (QED) is 0.617. The number of benzene rings is 1. The summed E-state index contributed by atoms with van der Waals surface area (Å²) in [6.45, 7) is 1.80. The Kier molecular flexibility index (Phi) is 5.95. The van der Waals surface area contributed by atoms with Gasteiger partial charge in [-0.2, -0.15) is 0 Å². The molecule has 1 N–H and O–H groups in total. The maximum Gasteiger partial charge on any atom is 0.375 e. The van der Waals surface area contributed by atoms with Crippen LogP contribution in [0.2, 0.25) is 0 Å². The molecule has 24 heavy (non-hydrogen) atoms. The molecule has 0 aromatic heterocycles. The molecule has 6 heteroatoms. The number of carboxylic acids is 1. The zero-order valence-corrected chi connectivity index (χ0v) is 13.6. The number of aryl methyl sites for hydroxylation is 1. The van der Waals surface area contributed by atoms with Crippen molar-refractivity contribution >= 4 is 11.5 Å². The average Bonchev–Trinajstić information content (AvgIpc) is 2.56. The maximum absolute atomic E-state index is 12.7. The molecule has 0 amide bonds. The Morgan fingerprint density at radius 2 is 2.17 bits per heavy atom. The minimum absolute atomic E-state index is 0.326. The zero-order chi connectivity index (χ0) is 17.7. The normalized spacial score (nSPS) is 18.3. The van der Waals surface area contributed by atoms with E-state index in [4.69, 9.17) is 14.6 Å². The molecule has 1 aliphatic carbocycles. The minimum Gasteiger partial charge on any atom is -0.500 e. The molecular formula is C18H20F2O4. The standard InChI is InChI=1S/C18H20F2O4/c1-11-3-4-14(12-5-7-13(8-6-12)17(19)20)9-15(11)24-16(10-23-2)18(21)22/h3-5,9-10,13,17H,6-8H2,1-2H3,(H,21,22)/b16-10-. The van der Waals surface area contributed by atoms with Crippen molar-refractivity contribution in [1.29, 1.82) is 0 Å². The van der Waals surface area contributed by atoms with Crippen LogP contribution < -0.4 is 4.74 Å². The number of alkyl halides is 2. The van der Waals surface area contributed by atoms with Crippen LogP contribution in [0.5, 0.6) is 5.75 Å². The van der Waals surface area contributed by atoms with E-state index in [9.17, 15) is 13.6 Å². The zero-order valence-electron chi connectivity index (χ0n) is 13.6. The van der Waals surface area contributed by atoms with Crippen LogP contribution in [0.4, 0.5) is 8.78 Å². The van der Waals surface area contributed by atoms with Crippen molar-refractivity contribution < 1.29 is 28.2 Å². The molecule has 0 spiro atoms. The van der Waals surface area contributed by atoms with E-state index < -0.39 is 18.3 Å². The van der Waals surface area contributed by atoms with Crippen LogP contribution in [-0.4, -0.2) is 24.6 Å². The molecule has 0 radical (unpaired) electrons. The van der Waals surface area contributed by atoms with E-state index in [0.717, 1.165) is 23.0 Å². The first-order chi connectivity index (χ1) is 11.4. The van der Waals surface area contributed by atoms with Gasteiger partial charge in [0.2, 0.25) is 12.2 Å². The van der Waals surface area contributed by atoms with Gasteiger partial charge in [0.05, 0.1) is 7.11 Å². The van der Waals surface area contributed by atoms with Crippen LogP contribution in [-0.2, 0) is 9.53 Å². The van der Waals surface area contributed by atoms with Crippen LogP contribution in [0.15, 0.2) is 36.3 Å². The minimum atomic E-state index is -2.29. The molecule has 1 aliphatic rings. The Bertz CT molecular complexity index is 665. The molecule has 4 nitrogen and oxygen atoms in total. The number of halogens is 2. The summed E-state index contributed by atoms with van der Waals surface area (Å²) in [5.74, 6) is -1.75. The SMILES string of the molecule is CO/C=C(\Oc1cc(C2=CCC(C(F)F)CC2)ccc1C)C(=O)O. The van der Waals surface area contributed by atoms with Gasteiger partial charge in [-0.25, -0.2) is 13.6 Å². The van der Waals surface area contributed by atoms with Crippen LogP contribution in [0.25, 0.3) is 5.57 Å². The molecule has 0 saturated heterocycles. The average molecular weight is 338 g/mol. The smallest absolute Gasteiger partial charge is 0.375 e. The van der Waals surface area contributed by atoms with Crippen LogP contribution in [0.3, 0.4) is 0 Å². The summed E-state index contributed by atoms with van der Waals surface area (Å²) >= 11 is 0. The third kappa shape index (κ3) is 4.34. The number of aliphatic carboxylic acids is 1. The van der Waals surface area contributed by atoms with Crippen molar-refractivity contribution in [2.45, 2.75) is 32.6 Å². The highest BCUT2D eigenvalue weighted by molar-refractivity contribution is 5.84. The third-order valence-corrected chi connectivity index (χ3v) is 4.02. The predicted octanol–water partition coefficient (Wildman–Crippen LogP) is 4.39. The van der Waals surface area contributed by atoms with Crippen molar-refractivity contribution in [3.8, 4) is 5.75 Å². The topological polar surface area (TPSA) is 55.8 Å².